The van der Waals surface area contributed by atoms with Gasteiger partial charge in [0.1, 0.15) is 0 Å². The number of amides is 1. The number of likely N-dealkylation sites (tertiary alicyclic amines) is 1. The third kappa shape index (κ3) is 7.40. The lowest BCUT2D eigenvalue weighted by Gasteiger charge is -2.43. The van der Waals surface area contributed by atoms with Crippen molar-refractivity contribution < 1.29 is 24.1 Å². The van der Waals surface area contributed by atoms with Gasteiger partial charge in [-0.1, -0.05) is 90.3 Å². The molecule has 2 heterocycles. The first-order valence-electron chi connectivity index (χ1n) is 12.9. The Hall–Kier alpha value is -1.42. The lowest BCUT2D eigenvalue weighted by molar-refractivity contribution is -0.276. The van der Waals surface area contributed by atoms with Crippen molar-refractivity contribution in [1.29, 1.82) is 0 Å². The normalized spacial score (nSPS) is 26.4. The van der Waals surface area contributed by atoms with E-state index in [0.717, 1.165) is 48.2 Å². The van der Waals surface area contributed by atoms with Crippen molar-refractivity contribution >= 4 is 40.7 Å². The van der Waals surface area contributed by atoms with Crippen LogP contribution in [0.3, 0.4) is 0 Å². The first-order valence-corrected chi connectivity index (χ1v) is 14.0. The molecule has 2 aliphatic rings. The van der Waals surface area contributed by atoms with Crippen LogP contribution in [0.5, 0.6) is 0 Å². The standard InChI is InChI=1S/C28H35Cl3N2O5/c1-18-24(15-33-13-3-4-23(33)17-36-2)37-26(38-25(18)21-9-7-20(16-34)8-10-21)22-11-5-19(6-12-22)14-32-27(35)28(29,30)31/h5-12,18,23-26,34H,3-4,13-17H2,1-2H3,(H,32,35). The highest BCUT2D eigenvalue weighted by molar-refractivity contribution is 6.76. The highest BCUT2D eigenvalue weighted by atomic mass is 35.6. The van der Waals surface area contributed by atoms with Crippen molar-refractivity contribution in [3.8, 4) is 0 Å². The largest absolute Gasteiger partial charge is 0.392 e. The first kappa shape index (κ1) is 29.6. The van der Waals surface area contributed by atoms with Crippen LogP contribution in [0.15, 0.2) is 48.5 Å². The Morgan fingerprint density at radius 2 is 1.74 bits per heavy atom. The number of alkyl halides is 3. The molecule has 2 aromatic rings. The fraction of sp³-hybridized carbons (Fsp3) is 0.536. The van der Waals surface area contributed by atoms with Gasteiger partial charge in [-0.15, -0.1) is 0 Å². The van der Waals surface area contributed by atoms with E-state index < -0.39 is 16.0 Å². The average Bonchev–Trinajstić information content (AvgIpc) is 3.35. The zero-order valence-corrected chi connectivity index (χ0v) is 23.9. The predicted molar refractivity (Wildman–Crippen MR) is 148 cm³/mol. The quantitative estimate of drug-likeness (QED) is 0.400. The van der Waals surface area contributed by atoms with Crippen LogP contribution in [0, 0.1) is 5.92 Å². The van der Waals surface area contributed by atoms with Crippen LogP contribution in [0.1, 0.15) is 54.4 Å². The van der Waals surface area contributed by atoms with Gasteiger partial charge in [0.2, 0.25) is 0 Å². The SMILES string of the molecule is COCC1CCCN1CC1OC(c2ccc(CNC(=O)C(Cl)(Cl)Cl)cc2)OC(c2ccc(CO)cc2)C1C. The lowest BCUT2D eigenvalue weighted by atomic mass is 9.90. The molecule has 2 N–H and O–H groups in total. The molecule has 1 amide bonds. The van der Waals surface area contributed by atoms with E-state index in [2.05, 4.69) is 17.1 Å². The number of aliphatic hydroxyl groups excluding tert-OH is 1. The molecule has 0 bridgehead atoms. The van der Waals surface area contributed by atoms with Gasteiger partial charge >= 0.3 is 0 Å². The molecule has 5 unspecified atom stereocenters. The van der Waals surface area contributed by atoms with Gasteiger partial charge in [0.05, 0.1) is 25.4 Å². The van der Waals surface area contributed by atoms with Crippen LogP contribution in [0.4, 0.5) is 0 Å². The van der Waals surface area contributed by atoms with Gasteiger partial charge in [-0.25, -0.2) is 0 Å². The molecule has 4 rings (SSSR count). The summed E-state index contributed by atoms with van der Waals surface area (Å²) in [6.07, 6.45) is 1.47. The molecule has 5 atom stereocenters. The van der Waals surface area contributed by atoms with E-state index in [1.54, 1.807) is 7.11 Å². The molecule has 38 heavy (non-hydrogen) atoms. The first-order chi connectivity index (χ1) is 18.2. The Bertz CT molecular complexity index is 1050. The fourth-order valence-corrected chi connectivity index (χ4v) is 5.35. The van der Waals surface area contributed by atoms with E-state index >= 15 is 0 Å². The highest BCUT2D eigenvalue weighted by Crippen LogP contribution is 2.42. The summed E-state index contributed by atoms with van der Waals surface area (Å²) in [5.74, 6) is -0.572. The van der Waals surface area contributed by atoms with Crippen LogP contribution in [0.2, 0.25) is 0 Å². The second kappa shape index (κ2) is 13.3. The number of hydrogen-bond donors (Lipinski definition) is 2. The number of nitrogens with zero attached hydrogens (tertiary/aromatic N) is 1. The second-order valence-electron chi connectivity index (χ2n) is 9.99. The predicted octanol–water partition coefficient (Wildman–Crippen LogP) is 5.07. The van der Waals surface area contributed by atoms with Crippen molar-refractivity contribution in [2.45, 2.75) is 61.2 Å². The minimum absolute atomic E-state index is 0.0000317. The van der Waals surface area contributed by atoms with E-state index in [-0.39, 0.29) is 31.3 Å². The van der Waals surface area contributed by atoms with Gasteiger partial charge in [0.15, 0.2) is 6.29 Å². The summed E-state index contributed by atoms with van der Waals surface area (Å²) in [4.78, 5) is 14.3. The molecule has 0 aliphatic carbocycles. The maximum Gasteiger partial charge on any atom is 0.272 e. The Morgan fingerprint density at radius 3 is 2.37 bits per heavy atom. The Kier molecular flexibility index (Phi) is 10.3. The van der Waals surface area contributed by atoms with Crippen LogP contribution in [-0.2, 0) is 32.2 Å². The number of hydrogen-bond acceptors (Lipinski definition) is 6. The van der Waals surface area contributed by atoms with Gasteiger partial charge in [0, 0.05) is 37.7 Å². The number of ether oxygens (including phenoxy) is 3. The van der Waals surface area contributed by atoms with E-state index in [9.17, 15) is 9.90 Å². The van der Waals surface area contributed by atoms with E-state index in [4.69, 9.17) is 49.0 Å². The van der Waals surface area contributed by atoms with Crippen molar-refractivity contribution in [1.82, 2.24) is 10.2 Å². The van der Waals surface area contributed by atoms with Gasteiger partial charge in [0.25, 0.3) is 9.70 Å². The molecular weight excluding hydrogens is 551 g/mol. The maximum atomic E-state index is 11.9. The van der Waals surface area contributed by atoms with Crippen molar-refractivity contribution in [2.24, 2.45) is 5.92 Å². The van der Waals surface area contributed by atoms with Crippen molar-refractivity contribution in [3.63, 3.8) is 0 Å². The van der Waals surface area contributed by atoms with E-state index in [0.29, 0.717) is 12.6 Å². The fourth-order valence-electron chi connectivity index (χ4n) is 5.15. The molecular formula is C28H35Cl3N2O5. The molecule has 0 spiro atoms. The Morgan fingerprint density at radius 1 is 1.08 bits per heavy atom. The molecule has 10 heteroatoms. The Labute approximate surface area is 239 Å². The van der Waals surface area contributed by atoms with Gasteiger partial charge in [-0.2, -0.15) is 0 Å². The van der Waals surface area contributed by atoms with Crippen molar-refractivity contribution in [2.75, 3.05) is 26.8 Å². The summed E-state index contributed by atoms with van der Waals surface area (Å²) < 4.78 is 16.6. The second-order valence-corrected chi connectivity index (χ2v) is 12.3. The molecule has 0 aromatic heterocycles. The third-order valence-electron chi connectivity index (χ3n) is 7.36. The van der Waals surface area contributed by atoms with E-state index in [1.807, 2.05) is 48.5 Å². The molecule has 2 fully saturated rings. The summed E-state index contributed by atoms with van der Waals surface area (Å²) in [6.45, 7) is 4.93. The molecule has 7 nitrogen and oxygen atoms in total. The number of aliphatic hydroxyl groups is 1. The average molecular weight is 586 g/mol. The smallest absolute Gasteiger partial charge is 0.272 e. The van der Waals surface area contributed by atoms with Gasteiger partial charge < -0.3 is 24.6 Å². The summed E-state index contributed by atoms with van der Waals surface area (Å²) in [6, 6.07) is 16.0. The van der Waals surface area contributed by atoms with Crippen LogP contribution in [0.25, 0.3) is 0 Å². The summed E-state index contributed by atoms with van der Waals surface area (Å²) >= 11 is 16.9. The minimum atomic E-state index is -2.00. The van der Waals surface area contributed by atoms with Crippen LogP contribution >= 0.6 is 34.8 Å². The monoisotopic (exact) mass is 584 g/mol. The van der Waals surface area contributed by atoms with Crippen LogP contribution in [-0.4, -0.2) is 58.7 Å². The summed E-state index contributed by atoms with van der Waals surface area (Å²) in [7, 11) is 1.75. The molecule has 0 radical (unpaired) electrons. The van der Waals surface area contributed by atoms with Crippen LogP contribution < -0.4 is 5.32 Å². The molecule has 2 aromatic carbocycles. The number of carbonyl (C=O) groups excluding carboxylic acids is 1. The van der Waals surface area contributed by atoms with Gasteiger partial charge in [-0.3, -0.25) is 9.69 Å². The number of nitrogens with one attached hydrogen (secondary N) is 1. The number of halogens is 3. The Balaban J connectivity index is 1.52. The minimum Gasteiger partial charge on any atom is -0.392 e. The van der Waals surface area contributed by atoms with E-state index in [1.165, 1.54) is 0 Å². The molecule has 2 saturated heterocycles. The third-order valence-corrected chi connectivity index (χ3v) is 7.87. The number of rotatable bonds is 9. The lowest BCUT2D eigenvalue weighted by Crippen LogP contribution is -2.46. The van der Waals surface area contributed by atoms with Gasteiger partial charge in [-0.05, 0) is 36.1 Å². The zero-order valence-electron chi connectivity index (χ0n) is 21.6. The zero-order chi connectivity index (χ0) is 27.3. The number of benzene rings is 2. The highest BCUT2D eigenvalue weighted by Gasteiger charge is 2.40. The van der Waals surface area contributed by atoms with Crippen molar-refractivity contribution in [3.05, 3.63) is 70.8 Å². The summed E-state index contributed by atoms with van der Waals surface area (Å²) in [5, 5.41) is 12.1. The number of methoxy groups -OCH3 is 1. The topological polar surface area (TPSA) is 80.3 Å². The molecule has 208 valence electrons. The molecule has 0 saturated carbocycles. The summed E-state index contributed by atoms with van der Waals surface area (Å²) in [5.41, 5.74) is 3.64. The molecule has 2 aliphatic heterocycles. The maximum absolute atomic E-state index is 11.9. The number of carbonyl (C=O) groups is 1.